The number of fused-ring (bicyclic) bond motifs is 1. The van der Waals surface area contributed by atoms with Gasteiger partial charge in [0.2, 0.25) is 11.2 Å². The lowest BCUT2D eigenvalue weighted by Crippen LogP contribution is -2.20. The maximum absolute atomic E-state index is 12.3. The molecule has 0 unspecified atom stereocenters. The predicted molar refractivity (Wildman–Crippen MR) is 95.1 cm³/mol. The van der Waals surface area contributed by atoms with Crippen molar-refractivity contribution < 1.29 is 9.15 Å². The molecule has 0 amide bonds. The van der Waals surface area contributed by atoms with Crippen LogP contribution >= 0.6 is 0 Å². The summed E-state index contributed by atoms with van der Waals surface area (Å²) < 4.78 is 11.2. The molecule has 0 saturated heterocycles. The van der Waals surface area contributed by atoms with Crippen LogP contribution in [0.15, 0.2) is 58.0 Å². The topological polar surface area (TPSA) is 68.7 Å². The standard InChI is InChI=1S/C20H22N2O3/c21-17-6-5-14(7-17)12-25-20-13-24-18(8-19(20)23)11-22-9-15-3-1-2-4-16(15)10-22/h1-6,8,13-14,17H,7,9-12,21H2/t14-,17+/m1/s1. The summed E-state index contributed by atoms with van der Waals surface area (Å²) >= 11 is 0. The van der Waals surface area contributed by atoms with Gasteiger partial charge < -0.3 is 14.9 Å². The number of rotatable bonds is 5. The monoisotopic (exact) mass is 338 g/mol. The molecule has 2 N–H and O–H groups in total. The average Bonchev–Trinajstić information content (AvgIpc) is 3.19. The van der Waals surface area contributed by atoms with E-state index in [9.17, 15) is 4.79 Å². The molecule has 25 heavy (non-hydrogen) atoms. The summed E-state index contributed by atoms with van der Waals surface area (Å²) in [6.07, 6.45) is 6.32. The van der Waals surface area contributed by atoms with Crippen molar-refractivity contribution in [2.75, 3.05) is 6.61 Å². The molecule has 0 spiro atoms. The van der Waals surface area contributed by atoms with Crippen molar-refractivity contribution in [3.05, 3.63) is 75.9 Å². The second kappa shape index (κ2) is 6.86. The zero-order valence-electron chi connectivity index (χ0n) is 14.1. The van der Waals surface area contributed by atoms with Gasteiger partial charge in [-0.15, -0.1) is 0 Å². The van der Waals surface area contributed by atoms with E-state index < -0.39 is 0 Å². The lowest BCUT2D eigenvalue weighted by Gasteiger charge is -2.14. The molecule has 1 aromatic heterocycles. The van der Waals surface area contributed by atoms with Gasteiger partial charge in [-0.1, -0.05) is 36.4 Å². The smallest absolute Gasteiger partial charge is 0.227 e. The van der Waals surface area contributed by atoms with Crippen molar-refractivity contribution >= 4 is 0 Å². The van der Waals surface area contributed by atoms with E-state index in [1.807, 2.05) is 12.2 Å². The van der Waals surface area contributed by atoms with Crippen LogP contribution in [0.4, 0.5) is 0 Å². The van der Waals surface area contributed by atoms with Gasteiger partial charge in [0.25, 0.3) is 0 Å². The van der Waals surface area contributed by atoms with Crippen molar-refractivity contribution in [1.82, 2.24) is 4.90 Å². The van der Waals surface area contributed by atoms with E-state index in [0.717, 1.165) is 19.5 Å². The van der Waals surface area contributed by atoms with Gasteiger partial charge in [0.1, 0.15) is 12.0 Å². The van der Waals surface area contributed by atoms with Crippen LogP contribution in [0.25, 0.3) is 0 Å². The Hall–Kier alpha value is -2.37. The minimum Gasteiger partial charge on any atom is -0.486 e. The van der Waals surface area contributed by atoms with Crippen LogP contribution < -0.4 is 15.9 Å². The number of hydrogen-bond donors (Lipinski definition) is 1. The third-order valence-corrected chi connectivity index (χ3v) is 4.80. The first-order chi connectivity index (χ1) is 12.2. The third-order valence-electron chi connectivity index (χ3n) is 4.80. The van der Waals surface area contributed by atoms with E-state index in [1.54, 1.807) is 0 Å². The Morgan fingerprint density at radius 2 is 1.96 bits per heavy atom. The fourth-order valence-electron chi connectivity index (χ4n) is 3.49. The normalized spacial score (nSPS) is 22.3. The maximum Gasteiger partial charge on any atom is 0.227 e. The van der Waals surface area contributed by atoms with Crippen molar-refractivity contribution in [3.8, 4) is 5.75 Å². The van der Waals surface area contributed by atoms with Gasteiger partial charge in [0.05, 0.1) is 13.2 Å². The molecule has 130 valence electrons. The van der Waals surface area contributed by atoms with Crippen LogP contribution in [0.1, 0.15) is 23.3 Å². The maximum atomic E-state index is 12.3. The molecule has 2 atom stereocenters. The number of nitrogens with zero attached hydrogens (tertiary/aromatic N) is 1. The summed E-state index contributed by atoms with van der Waals surface area (Å²) in [5, 5.41) is 0. The SMILES string of the molecule is N[C@H]1C=C[C@@H](COc2coc(CN3Cc4ccccc4C3)cc2=O)C1. The molecule has 1 aliphatic carbocycles. The summed E-state index contributed by atoms with van der Waals surface area (Å²) in [5.41, 5.74) is 8.37. The first-order valence-corrected chi connectivity index (χ1v) is 8.65. The molecular weight excluding hydrogens is 316 g/mol. The predicted octanol–water partition coefficient (Wildman–Crippen LogP) is 2.44. The van der Waals surface area contributed by atoms with Crippen LogP contribution in [0.5, 0.6) is 5.75 Å². The van der Waals surface area contributed by atoms with Gasteiger partial charge in [-0.3, -0.25) is 9.69 Å². The van der Waals surface area contributed by atoms with E-state index in [1.165, 1.54) is 23.5 Å². The molecule has 0 bridgehead atoms. The highest BCUT2D eigenvalue weighted by atomic mass is 16.5. The van der Waals surface area contributed by atoms with Gasteiger partial charge >= 0.3 is 0 Å². The Morgan fingerprint density at radius 1 is 1.20 bits per heavy atom. The van der Waals surface area contributed by atoms with E-state index >= 15 is 0 Å². The molecule has 2 aliphatic rings. The van der Waals surface area contributed by atoms with Gasteiger partial charge in [-0.2, -0.15) is 0 Å². The molecule has 1 aromatic carbocycles. The quantitative estimate of drug-likeness (QED) is 0.848. The zero-order chi connectivity index (χ0) is 17.2. The lowest BCUT2D eigenvalue weighted by atomic mass is 10.1. The molecule has 2 aromatic rings. The van der Waals surface area contributed by atoms with Crippen LogP contribution in [-0.4, -0.2) is 17.5 Å². The van der Waals surface area contributed by atoms with Crippen molar-refractivity contribution in [2.24, 2.45) is 11.7 Å². The molecule has 2 heterocycles. The zero-order valence-corrected chi connectivity index (χ0v) is 14.1. The van der Waals surface area contributed by atoms with Gasteiger partial charge in [-0.25, -0.2) is 0 Å². The molecule has 0 fully saturated rings. The Kier molecular flexibility index (Phi) is 4.42. The lowest BCUT2D eigenvalue weighted by molar-refractivity contribution is 0.236. The first kappa shape index (κ1) is 16.1. The van der Waals surface area contributed by atoms with Crippen molar-refractivity contribution in [2.45, 2.75) is 32.1 Å². The van der Waals surface area contributed by atoms with E-state index in [0.29, 0.717) is 18.9 Å². The summed E-state index contributed by atoms with van der Waals surface area (Å²) in [6.45, 7) is 2.83. The Morgan fingerprint density at radius 3 is 2.60 bits per heavy atom. The number of ether oxygens (including phenoxy) is 1. The minimum atomic E-state index is -0.135. The number of benzene rings is 1. The molecule has 5 heteroatoms. The van der Waals surface area contributed by atoms with Crippen LogP contribution in [-0.2, 0) is 19.6 Å². The largest absolute Gasteiger partial charge is 0.486 e. The van der Waals surface area contributed by atoms with E-state index in [4.69, 9.17) is 14.9 Å². The van der Waals surface area contributed by atoms with E-state index in [-0.39, 0.29) is 23.1 Å². The number of hydrogen-bond acceptors (Lipinski definition) is 5. The van der Waals surface area contributed by atoms with Crippen molar-refractivity contribution in [3.63, 3.8) is 0 Å². The fourth-order valence-corrected chi connectivity index (χ4v) is 3.49. The molecule has 5 nitrogen and oxygen atoms in total. The van der Waals surface area contributed by atoms with Gasteiger partial charge in [0.15, 0.2) is 0 Å². The van der Waals surface area contributed by atoms with Crippen molar-refractivity contribution in [1.29, 1.82) is 0 Å². The highest BCUT2D eigenvalue weighted by molar-refractivity contribution is 5.30. The summed E-state index contributed by atoms with van der Waals surface area (Å²) in [6, 6.07) is 10.0. The highest BCUT2D eigenvalue weighted by Gasteiger charge is 2.20. The highest BCUT2D eigenvalue weighted by Crippen LogP contribution is 2.24. The molecule has 0 saturated carbocycles. The Labute approximate surface area is 146 Å². The molecule has 0 radical (unpaired) electrons. The second-order valence-electron chi connectivity index (χ2n) is 6.84. The van der Waals surface area contributed by atoms with E-state index in [2.05, 4.69) is 29.2 Å². The second-order valence-corrected chi connectivity index (χ2v) is 6.84. The van der Waals surface area contributed by atoms with Gasteiger partial charge in [0, 0.05) is 31.1 Å². The molecule has 4 rings (SSSR count). The molecular formula is C20H22N2O3. The first-order valence-electron chi connectivity index (χ1n) is 8.65. The van der Waals surface area contributed by atoms with Crippen LogP contribution in [0, 0.1) is 5.92 Å². The Balaban J connectivity index is 1.36. The Bertz CT molecular complexity index is 818. The fraction of sp³-hybridized carbons (Fsp3) is 0.350. The molecule has 1 aliphatic heterocycles. The minimum absolute atomic E-state index is 0.0944. The average molecular weight is 338 g/mol. The third kappa shape index (κ3) is 3.67. The van der Waals surface area contributed by atoms with Crippen LogP contribution in [0.3, 0.4) is 0 Å². The van der Waals surface area contributed by atoms with Gasteiger partial charge in [-0.05, 0) is 17.5 Å². The summed E-state index contributed by atoms with van der Waals surface area (Å²) in [7, 11) is 0. The number of nitrogens with two attached hydrogens (primary N) is 1. The summed E-state index contributed by atoms with van der Waals surface area (Å²) in [5.74, 6) is 1.19. The summed E-state index contributed by atoms with van der Waals surface area (Å²) in [4.78, 5) is 14.5. The van der Waals surface area contributed by atoms with Crippen LogP contribution in [0.2, 0.25) is 0 Å².